The van der Waals surface area contributed by atoms with E-state index in [9.17, 15) is 0 Å². The van der Waals surface area contributed by atoms with Crippen molar-refractivity contribution < 1.29 is 0 Å². The summed E-state index contributed by atoms with van der Waals surface area (Å²) in [6, 6.07) is 9.80. The Morgan fingerprint density at radius 1 is 1.35 bits per heavy atom. The first-order valence-corrected chi connectivity index (χ1v) is 7.52. The maximum Gasteiger partial charge on any atom is 0.0944 e. The Hall–Kier alpha value is -1.36. The molecule has 1 aromatic carbocycles. The van der Waals surface area contributed by atoms with Gasteiger partial charge in [-0.3, -0.25) is 14.9 Å². The van der Waals surface area contributed by atoms with Gasteiger partial charge in [0.25, 0.3) is 0 Å². The van der Waals surface area contributed by atoms with Crippen LogP contribution in [0.4, 0.5) is 5.69 Å². The summed E-state index contributed by atoms with van der Waals surface area (Å²) < 4.78 is 0. The predicted molar refractivity (Wildman–Crippen MR) is 87.1 cm³/mol. The lowest BCUT2D eigenvalue weighted by molar-refractivity contribution is 0.386. The van der Waals surface area contributed by atoms with Crippen molar-refractivity contribution in [3.8, 4) is 0 Å². The normalized spacial score (nSPS) is 10.8. The molecule has 0 aliphatic rings. The van der Waals surface area contributed by atoms with E-state index in [4.69, 9.17) is 11.6 Å². The molecule has 0 spiro atoms. The molecular weight excluding hydrogens is 290 g/mol. The molecule has 0 radical (unpaired) electrons. The molecule has 0 unspecified atom stereocenters. The Morgan fingerprint density at radius 3 is 2.90 bits per heavy atom. The fourth-order valence-corrected chi connectivity index (χ4v) is 3.02. The lowest BCUT2D eigenvalue weighted by atomic mass is 10.3. The summed E-state index contributed by atoms with van der Waals surface area (Å²) in [5.74, 6) is 0.845. The van der Waals surface area contributed by atoms with Crippen LogP contribution in [0.25, 0.3) is 0 Å². The number of rotatable bonds is 6. The third kappa shape index (κ3) is 4.07. The van der Waals surface area contributed by atoms with E-state index >= 15 is 0 Å². The molecule has 0 fully saturated rings. The monoisotopic (exact) mass is 305 g/mol. The molecule has 0 aliphatic carbocycles. The molecular formula is C15H16ClN3S. The second-order valence-corrected chi connectivity index (χ2v) is 5.79. The van der Waals surface area contributed by atoms with Crippen LogP contribution in [0.2, 0.25) is 5.02 Å². The fourth-order valence-electron chi connectivity index (χ4n) is 1.79. The Morgan fingerprint density at radius 2 is 2.20 bits per heavy atom. The molecule has 0 saturated carbocycles. The van der Waals surface area contributed by atoms with Crippen LogP contribution in [0.15, 0.2) is 52.6 Å². The van der Waals surface area contributed by atoms with Gasteiger partial charge < -0.3 is 0 Å². The molecule has 0 saturated heterocycles. The average molecular weight is 306 g/mol. The molecule has 3 nitrogen and oxygen atoms in total. The summed E-state index contributed by atoms with van der Waals surface area (Å²) in [6.45, 7) is 4.44. The SMILES string of the molecule is C=Nc1c(Cl)cccc1SCN(C)Cc1cccnc1. The Kier molecular flexibility index (Phi) is 5.59. The van der Waals surface area contributed by atoms with Crippen LogP contribution < -0.4 is 0 Å². The summed E-state index contributed by atoms with van der Waals surface area (Å²) in [5.41, 5.74) is 1.96. The van der Waals surface area contributed by atoms with E-state index in [-0.39, 0.29) is 0 Å². The molecule has 2 aromatic rings. The van der Waals surface area contributed by atoms with Crippen molar-refractivity contribution >= 4 is 35.8 Å². The molecule has 0 N–H and O–H groups in total. The van der Waals surface area contributed by atoms with Gasteiger partial charge in [0, 0.05) is 29.7 Å². The minimum Gasteiger partial charge on any atom is -0.292 e. The summed E-state index contributed by atoms with van der Waals surface area (Å²) in [7, 11) is 2.07. The van der Waals surface area contributed by atoms with Gasteiger partial charge in [0.05, 0.1) is 10.7 Å². The zero-order valence-electron chi connectivity index (χ0n) is 11.3. The van der Waals surface area contributed by atoms with Crippen molar-refractivity contribution in [2.24, 2.45) is 4.99 Å². The Bertz CT molecular complexity index is 575. The van der Waals surface area contributed by atoms with Gasteiger partial charge in [-0.05, 0) is 37.5 Å². The van der Waals surface area contributed by atoms with Crippen molar-refractivity contribution in [1.82, 2.24) is 9.88 Å². The van der Waals surface area contributed by atoms with E-state index in [0.29, 0.717) is 5.02 Å². The van der Waals surface area contributed by atoms with E-state index in [1.807, 2.05) is 30.5 Å². The van der Waals surface area contributed by atoms with Gasteiger partial charge in [0.1, 0.15) is 0 Å². The van der Waals surface area contributed by atoms with Crippen molar-refractivity contribution in [2.45, 2.75) is 11.4 Å². The van der Waals surface area contributed by atoms with Crippen molar-refractivity contribution in [1.29, 1.82) is 0 Å². The van der Waals surface area contributed by atoms with Gasteiger partial charge in [-0.15, -0.1) is 11.8 Å². The molecule has 2 rings (SSSR count). The van der Waals surface area contributed by atoms with Crippen LogP contribution in [0.3, 0.4) is 0 Å². The number of hydrogen-bond donors (Lipinski definition) is 0. The quantitative estimate of drug-likeness (QED) is 0.454. The smallest absolute Gasteiger partial charge is 0.0944 e. The highest BCUT2D eigenvalue weighted by molar-refractivity contribution is 7.99. The summed E-state index contributed by atoms with van der Waals surface area (Å²) in [4.78, 5) is 11.4. The van der Waals surface area contributed by atoms with Gasteiger partial charge in [-0.2, -0.15) is 0 Å². The number of nitrogens with zero attached hydrogens (tertiary/aromatic N) is 3. The van der Waals surface area contributed by atoms with E-state index in [2.05, 4.69) is 34.7 Å². The van der Waals surface area contributed by atoms with Crippen LogP contribution >= 0.6 is 23.4 Å². The van der Waals surface area contributed by atoms with Crippen molar-refractivity contribution in [3.63, 3.8) is 0 Å². The second kappa shape index (κ2) is 7.43. The molecule has 0 atom stereocenters. The first-order chi connectivity index (χ1) is 9.70. The van der Waals surface area contributed by atoms with Gasteiger partial charge in [0.15, 0.2) is 0 Å². The maximum absolute atomic E-state index is 6.11. The molecule has 5 heteroatoms. The van der Waals surface area contributed by atoms with E-state index < -0.39 is 0 Å². The molecule has 20 heavy (non-hydrogen) atoms. The largest absolute Gasteiger partial charge is 0.292 e. The lowest BCUT2D eigenvalue weighted by Crippen LogP contribution is -2.16. The van der Waals surface area contributed by atoms with Gasteiger partial charge >= 0.3 is 0 Å². The van der Waals surface area contributed by atoms with E-state index in [1.54, 1.807) is 18.0 Å². The molecule has 0 bridgehead atoms. The van der Waals surface area contributed by atoms with Crippen LogP contribution in [-0.2, 0) is 6.54 Å². The summed E-state index contributed by atoms with van der Waals surface area (Å²) >= 11 is 7.81. The number of para-hydroxylation sites is 1. The van der Waals surface area contributed by atoms with Gasteiger partial charge in [-0.1, -0.05) is 23.7 Å². The number of hydrogen-bond acceptors (Lipinski definition) is 4. The minimum atomic E-state index is 0.639. The fraction of sp³-hybridized carbons (Fsp3) is 0.200. The maximum atomic E-state index is 6.11. The molecule has 0 aliphatic heterocycles. The average Bonchev–Trinajstić information content (AvgIpc) is 2.46. The number of halogens is 1. The first-order valence-electron chi connectivity index (χ1n) is 6.16. The highest BCUT2D eigenvalue weighted by Gasteiger charge is 2.07. The number of aliphatic imine (C=N–C) groups is 1. The third-order valence-electron chi connectivity index (χ3n) is 2.72. The van der Waals surface area contributed by atoms with Crippen molar-refractivity contribution in [2.75, 3.05) is 12.9 Å². The minimum absolute atomic E-state index is 0.639. The van der Waals surface area contributed by atoms with Crippen molar-refractivity contribution in [3.05, 3.63) is 53.3 Å². The number of thioether (sulfide) groups is 1. The predicted octanol–water partition coefficient (Wildman–Crippen LogP) is 4.25. The highest BCUT2D eigenvalue weighted by Crippen LogP contribution is 2.35. The molecule has 0 amide bonds. The number of aromatic nitrogens is 1. The number of pyridine rings is 1. The van der Waals surface area contributed by atoms with Crippen LogP contribution in [0.5, 0.6) is 0 Å². The first kappa shape index (κ1) is 15.0. The van der Waals surface area contributed by atoms with Gasteiger partial charge in [0.2, 0.25) is 0 Å². The standard InChI is InChI=1S/C15H16ClN3S/c1-17-15-13(16)6-3-7-14(15)20-11-19(2)10-12-5-4-8-18-9-12/h3-9H,1,10-11H2,2H3. The zero-order valence-corrected chi connectivity index (χ0v) is 12.9. The molecule has 1 heterocycles. The topological polar surface area (TPSA) is 28.5 Å². The zero-order chi connectivity index (χ0) is 14.4. The van der Waals surface area contributed by atoms with Crippen LogP contribution in [0, 0.1) is 0 Å². The van der Waals surface area contributed by atoms with Crippen LogP contribution in [0.1, 0.15) is 5.56 Å². The second-order valence-electron chi connectivity index (χ2n) is 4.39. The summed E-state index contributed by atoms with van der Waals surface area (Å²) in [5, 5.41) is 0.639. The molecule has 104 valence electrons. The third-order valence-corrected chi connectivity index (χ3v) is 4.24. The molecule has 1 aromatic heterocycles. The summed E-state index contributed by atoms with van der Waals surface area (Å²) in [6.07, 6.45) is 3.67. The highest BCUT2D eigenvalue weighted by atomic mass is 35.5. The Labute approximate surface area is 128 Å². The Balaban J connectivity index is 1.95. The van der Waals surface area contributed by atoms with E-state index in [0.717, 1.165) is 23.0 Å². The lowest BCUT2D eigenvalue weighted by Gasteiger charge is -2.16. The van der Waals surface area contributed by atoms with Gasteiger partial charge in [-0.25, -0.2) is 0 Å². The van der Waals surface area contributed by atoms with Crippen LogP contribution in [-0.4, -0.2) is 29.5 Å². The number of benzene rings is 1. The van der Waals surface area contributed by atoms with E-state index in [1.165, 1.54) is 5.56 Å².